The molecule has 6 aromatic rings. The highest BCUT2D eigenvalue weighted by Gasteiger charge is 2.18. The largest absolute Gasteiger partial charge is 0.456 e. The molecule has 158 valence electrons. The summed E-state index contributed by atoms with van der Waals surface area (Å²) in [5, 5.41) is 6.92. The van der Waals surface area contributed by atoms with E-state index < -0.39 is 0 Å². The lowest BCUT2D eigenvalue weighted by molar-refractivity contribution is 0.494. The van der Waals surface area contributed by atoms with Gasteiger partial charge in [-0.2, -0.15) is 0 Å². The smallest absolute Gasteiger partial charge is 0.143 e. The minimum atomic E-state index is 0.827. The highest BCUT2D eigenvalue weighted by molar-refractivity contribution is 6.17. The van der Waals surface area contributed by atoms with E-state index in [1.54, 1.807) is 0 Å². The Kier molecular flexibility index (Phi) is 4.58. The van der Waals surface area contributed by atoms with Gasteiger partial charge >= 0.3 is 0 Å². The van der Waals surface area contributed by atoms with Gasteiger partial charge in [-0.15, -0.1) is 0 Å². The van der Waals surface area contributed by atoms with Gasteiger partial charge in [0.1, 0.15) is 11.5 Å². The fourth-order valence-electron chi connectivity index (χ4n) is 4.66. The number of aromatic nitrogens is 1. The zero-order chi connectivity index (χ0) is 22.4. The Balaban J connectivity index is 1.73. The number of benzene rings is 5. The molecule has 2 nitrogen and oxygen atoms in total. The molecule has 0 aliphatic heterocycles. The highest BCUT2D eigenvalue weighted by atomic mass is 16.5. The topological polar surface area (TPSA) is 22.1 Å². The fourth-order valence-corrected chi connectivity index (χ4v) is 4.66. The zero-order valence-electron chi connectivity index (χ0n) is 18.7. The minimum Gasteiger partial charge on any atom is -0.456 e. The Morgan fingerprint density at radius 1 is 0.606 bits per heavy atom. The number of nitrogens with zero attached hydrogens (tertiary/aromatic N) is 1. The number of hydrogen-bond acceptors (Lipinski definition) is 2. The van der Waals surface area contributed by atoms with Gasteiger partial charge in [0.15, 0.2) is 0 Å². The van der Waals surface area contributed by atoms with Crippen LogP contribution in [0.25, 0.3) is 43.4 Å². The van der Waals surface area contributed by atoms with Crippen molar-refractivity contribution in [1.82, 2.24) is 4.98 Å². The van der Waals surface area contributed by atoms with E-state index in [1.165, 1.54) is 38.4 Å². The van der Waals surface area contributed by atoms with Gasteiger partial charge in [0.2, 0.25) is 0 Å². The van der Waals surface area contributed by atoms with E-state index in [2.05, 4.69) is 79.5 Å². The first-order valence-electron chi connectivity index (χ1n) is 11.2. The maximum absolute atomic E-state index is 6.53. The molecule has 33 heavy (non-hydrogen) atoms. The van der Waals surface area contributed by atoms with Crippen molar-refractivity contribution in [2.45, 2.75) is 13.8 Å². The fraction of sp³-hybridized carbons (Fsp3) is 0.0645. The lowest BCUT2D eigenvalue weighted by Crippen LogP contribution is -1.94. The summed E-state index contributed by atoms with van der Waals surface area (Å²) in [5.74, 6) is 1.70. The Hall–Kier alpha value is -4.17. The first kappa shape index (κ1) is 19.5. The van der Waals surface area contributed by atoms with Gasteiger partial charge in [-0.1, -0.05) is 60.7 Å². The van der Waals surface area contributed by atoms with E-state index in [4.69, 9.17) is 4.74 Å². The zero-order valence-corrected chi connectivity index (χ0v) is 18.7. The van der Waals surface area contributed by atoms with Crippen LogP contribution in [-0.4, -0.2) is 4.98 Å². The van der Waals surface area contributed by atoms with Crippen LogP contribution in [0.2, 0.25) is 0 Å². The second-order valence-corrected chi connectivity index (χ2v) is 8.58. The molecule has 0 N–H and O–H groups in total. The molecule has 0 radical (unpaired) electrons. The molecular weight excluding hydrogens is 402 g/mol. The molecule has 1 heterocycles. The van der Waals surface area contributed by atoms with E-state index in [-0.39, 0.29) is 0 Å². The summed E-state index contributed by atoms with van der Waals surface area (Å²) in [6.45, 7) is 4.33. The van der Waals surface area contributed by atoms with Gasteiger partial charge in [0.25, 0.3) is 0 Å². The number of aryl methyl sites for hydroxylation is 2. The van der Waals surface area contributed by atoms with Gasteiger partial charge in [-0.3, -0.25) is 4.98 Å². The first-order valence-corrected chi connectivity index (χ1v) is 11.2. The van der Waals surface area contributed by atoms with Gasteiger partial charge in [-0.25, -0.2) is 0 Å². The third-order valence-electron chi connectivity index (χ3n) is 6.48. The van der Waals surface area contributed by atoms with Gasteiger partial charge in [0, 0.05) is 28.6 Å². The highest BCUT2D eigenvalue weighted by Crippen LogP contribution is 2.45. The van der Waals surface area contributed by atoms with Gasteiger partial charge in [-0.05, 0) is 82.6 Å². The van der Waals surface area contributed by atoms with Crippen molar-refractivity contribution in [2.75, 3.05) is 0 Å². The minimum absolute atomic E-state index is 0.827. The first-order chi connectivity index (χ1) is 16.2. The Bertz CT molecular complexity index is 1650. The summed E-state index contributed by atoms with van der Waals surface area (Å²) in [6, 6.07) is 31.8. The summed E-state index contributed by atoms with van der Waals surface area (Å²) in [5.41, 5.74) is 4.89. The van der Waals surface area contributed by atoms with Crippen molar-refractivity contribution in [1.29, 1.82) is 0 Å². The lowest BCUT2D eigenvalue weighted by Gasteiger charge is -2.19. The van der Waals surface area contributed by atoms with Gasteiger partial charge in [0.05, 0.1) is 0 Å². The van der Waals surface area contributed by atoms with Crippen molar-refractivity contribution in [2.24, 2.45) is 0 Å². The molecule has 0 saturated heterocycles. The van der Waals surface area contributed by atoms with Crippen LogP contribution in [0.1, 0.15) is 11.1 Å². The van der Waals surface area contributed by atoms with Crippen molar-refractivity contribution in [3.8, 4) is 22.6 Å². The van der Waals surface area contributed by atoms with E-state index in [9.17, 15) is 0 Å². The van der Waals surface area contributed by atoms with Crippen molar-refractivity contribution < 1.29 is 4.74 Å². The van der Waals surface area contributed by atoms with E-state index in [1.807, 2.05) is 42.7 Å². The molecule has 2 heteroatoms. The molecular formula is C31H23NO. The molecule has 0 spiro atoms. The molecule has 0 aliphatic carbocycles. The second kappa shape index (κ2) is 7.75. The third-order valence-corrected chi connectivity index (χ3v) is 6.48. The summed E-state index contributed by atoms with van der Waals surface area (Å²) >= 11 is 0. The van der Waals surface area contributed by atoms with Crippen LogP contribution >= 0.6 is 0 Å². The molecule has 0 fully saturated rings. The van der Waals surface area contributed by atoms with E-state index in [0.717, 1.165) is 27.7 Å². The van der Waals surface area contributed by atoms with Crippen molar-refractivity contribution in [3.05, 3.63) is 115 Å². The molecule has 0 bridgehead atoms. The summed E-state index contributed by atoms with van der Waals surface area (Å²) < 4.78 is 6.53. The molecule has 6 rings (SSSR count). The Morgan fingerprint density at radius 3 is 2.15 bits per heavy atom. The van der Waals surface area contributed by atoms with Crippen LogP contribution in [0.15, 0.2) is 103 Å². The monoisotopic (exact) mass is 425 g/mol. The summed E-state index contributed by atoms with van der Waals surface area (Å²) in [4.78, 5) is 4.50. The number of para-hydroxylation sites is 1. The number of pyridine rings is 1. The van der Waals surface area contributed by atoms with Crippen LogP contribution in [0.3, 0.4) is 0 Å². The predicted molar refractivity (Wildman–Crippen MR) is 138 cm³/mol. The Labute approximate surface area is 193 Å². The van der Waals surface area contributed by atoms with Crippen molar-refractivity contribution in [3.63, 3.8) is 0 Å². The maximum Gasteiger partial charge on any atom is 0.143 e. The third kappa shape index (κ3) is 3.32. The SMILES string of the molecule is Cc1cc2c(Oc3ccccc3)c3ccncc3c(-c3ccc4ccccc4c3)c2cc1C. The molecule has 0 unspecified atom stereocenters. The van der Waals surface area contributed by atoms with Crippen LogP contribution < -0.4 is 4.74 Å². The molecule has 1 aromatic heterocycles. The second-order valence-electron chi connectivity index (χ2n) is 8.58. The van der Waals surface area contributed by atoms with Gasteiger partial charge < -0.3 is 4.74 Å². The number of hydrogen-bond donors (Lipinski definition) is 0. The van der Waals surface area contributed by atoms with Crippen molar-refractivity contribution >= 4 is 32.3 Å². The average molecular weight is 426 g/mol. The maximum atomic E-state index is 6.53. The number of ether oxygens (including phenoxy) is 1. The Morgan fingerprint density at radius 2 is 1.33 bits per heavy atom. The molecule has 5 aromatic carbocycles. The average Bonchev–Trinajstić information content (AvgIpc) is 2.85. The van der Waals surface area contributed by atoms with Crippen LogP contribution in [-0.2, 0) is 0 Å². The number of fused-ring (bicyclic) bond motifs is 3. The predicted octanol–water partition coefficient (Wildman–Crippen LogP) is 8.62. The lowest BCUT2D eigenvalue weighted by atomic mass is 9.89. The van der Waals surface area contributed by atoms with E-state index >= 15 is 0 Å². The molecule has 0 atom stereocenters. The standard InChI is InChI=1S/C31H23NO/c1-20-16-27-28(17-21(20)2)31(33-25-10-4-3-5-11-25)26-14-15-32-19-29(26)30(27)24-13-12-22-8-6-7-9-23(22)18-24/h3-19H,1-2H3. The summed E-state index contributed by atoms with van der Waals surface area (Å²) in [7, 11) is 0. The van der Waals surface area contributed by atoms with Crippen LogP contribution in [0.5, 0.6) is 11.5 Å². The molecule has 0 amide bonds. The molecule has 0 saturated carbocycles. The van der Waals surface area contributed by atoms with Crippen LogP contribution in [0.4, 0.5) is 0 Å². The number of rotatable bonds is 3. The van der Waals surface area contributed by atoms with Crippen LogP contribution in [0, 0.1) is 13.8 Å². The normalized spacial score (nSPS) is 11.3. The molecule has 0 aliphatic rings. The van der Waals surface area contributed by atoms with E-state index in [0.29, 0.717) is 0 Å². The quantitative estimate of drug-likeness (QED) is 0.265. The summed E-state index contributed by atoms with van der Waals surface area (Å²) in [6.07, 6.45) is 3.81.